The Morgan fingerprint density at radius 3 is 1.46 bits per heavy atom. The molecule has 0 rings (SSSR count). The molecule has 28 heavy (non-hydrogen) atoms. The molecule has 0 unspecified atom stereocenters. The summed E-state index contributed by atoms with van der Waals surface area (Å²) in [5.74, 6) is -0.390. The Hall–Kier alpha value is -0.950. The second-order valence-electron chi connectivity index (χ2n) is 6.84. The van der Waals surface area contributed by atoms with Crippen molar-refractivity contribution in [2.75, 3.05) is 59.5 Å². The van der Waals surface area contributed by atoms with E-state index in [1.807, 2.05) is 0 Å². The molecule has 0 aliphatic carbocycles. The van der Waals surface area contributed by atoms with Crippen LogP contribution >= 0.6 is 0 Å². The Labute approximate surface area is 171 Å². The Morgan fingerprint density at radius 1 is 0.607 bits per heavy atom. The van der Waals surface area contributed by atoms with E-state index in [0.717, 1.165) is 13.0 Å². The first-order valence-corrected chi connectivity index (χ1v) is 10.8. The summed E-state index contributed by atoms with van der Waals surface area (Å²) in [6.07, 6.45) is 10.5. The van der Waals surface area contributed by atoms with Gasteiger partial charge in [-0.25, -0.2) is 4.79 Å². The highest BCUT2D eigenvalue weighted by Gasteiger charge is 2.01. The molecule has 0 bridgehead atoms. The van der Waals surface area contributed by atoms with Crippen LogP contribution in [0.1, 0.15) is 65.2 Å². The summed E-state index contributed by atoms with van der Waals surface area (Å²) in [6, 6.07) is 0. The maximum absolute atomic E-state index is 11.1. The van der Waals surface area contributed by atoms with Crippen LogP contribution in [0.2, 0.25) is 0 Å². The lowest BCUT2D eigenvalue weighted by atomic mass is 10.1. The fourth-order valence-electron chi connectivity index (χ4n) is 2.42. The van der Waals surface area contributed by atoms with Crippen LogP contribution in [0.15, 0.2) is 12.2 Å². The third-order valence-corrected chi connectivity index (χ3v) is 4.07. The number of hydrogen-bond acceptors (Lipinski definition) is 6. The van der Waals surface area contributed by atoms with E-state index in [4.69, 9.17) is 23.7 Å². The van der Waals surface area contributed by atoms with Gasteiger partial charge in [-0.15, -0.1) is 0 Å². The lowest BCUT2D eigenvalue weighted by Gasteiger charge is -2.08. The van der Waals surface area contributed by atoms with Crippen LogP contribution in [0.5, 0.6) is 0 Å². The SMILES string of the molecule is C=C(C)C(=O)OCCOCCOCCOCCOCCCCCCCCCC. The highest BCUT2D eigenvalue weighted by atomic mass is 16.6. The van der Waals surface area contributed by atoms with Gasteiger partial charge in [-0.05, 0) is 13.3 Å². The minimum Gasteiger partial charge on any atom is -0.460 e. The quantitative estimate of drug-likeness (QED) is 0.153. The Kier molecular flexibility index (Phi) is 21.6. The molecule has 0 aromatic carbocycles. The summed E-state index contributed by atoms with van der Waals surface area (Å²) in [5, 5.41) is 0. The van der Waals surface area contributed by atoms with Crippen molar-refractivity contribution in [3.63, 3.8) is 0 Å². The molecule has 0 N–H and O–H groups in total. The lowest BCUT2D eigenvalue weighted by Crippen LogP contribution is -2.14. The molecule has 0 radical (unpaired) electrons. The second-order valence-corrected chi connectivity index (χ2v) is 6.84. The van der Waals surface area contributed by atoms with Gasteiger partial charge in [0.2, 0.25) is 0 Å². The number of ether oxygens (including phenoxy) is 5. The minimum atomic E-state index is -0.390. The number of unbranched alkanes of at least 4 members (excludes halogenated alkanes) is 7. The molecule has 166 valence electrons. The van der Waals surface area contributed by atoms with Crippen LogP contribution in [0, 0.1) is 0 Å². The summed E-state index contributed by atoms with van der Waals surface area (Å²) < 4.78 is 26.6. The Morgan fingerprint density at radius 2 is 1.00 bits per heavy atom. The number of carbonyl (C=O) groups excluding carboxylic acids is 1. The number of rotatable bonds is 22. The van der Waals surface area contributed by atoms with Gasteiger partial charge in [-0.3, -0.25) is 0 Å². The molecule has 0 aliphatic heterocycles. The normalized spacial score (nSPS) is 10.9. The van der Waals surface area contributed by atoms with Crippen LogP contribution in [0.25, 0.3) is 0 Å². The molecule has 0 amide bonds. The largest absolute Gasteiger partial charge is 0.460 e. The lowest BCUT2D eigenvalue weighted by molar-refractivity contribution is -0.140. The predicted octanol–water partition coefficient (Wildman–Crippen LogP) is 4.31. The van der Waals surface area contributed by atoms with E-state index in [1.54, 1.807) is 6.92 Å². The van der Waals surface area contributed by atoms with Gasteiger partial charge in [0.15, 0.2) is 0 Å². The van der Waals surface area contributed by atoms with Gasteiger partial charge in [-0.2, -0.15) is 0 Å². The van der Waals surface area contributed by atoms with Crippen molar-refractivity contribution in [1.29, 1.82) is 0 Å². The van der Waals surface area contributed by atoms with E-state index in [0.29, 0.717) is 51.8 Å². The van der Waals surface area contributed by atoms with Gasteiger partial charge < -0.3 is 23.7 Å². The number of esters is 1. The molecule has 6 nitrogen and oxygen atoms in total. The van der Waals surface area contributed by atoms with E-state index < -0.39 is 5.97 Å². The zero-order chi connectivity index (χ0) is 20.7. The molecule has 0 heterocycles. The van der Waals surface area contributed by atoms with Crippen molar-refractivity contribution in [2.45, 2.75) is 65.2 Å². The van der Waals surface area contributed by atoms with E-state index >= 15 is 0 Å². The van der Waals surface area contributed by atoms with Crippen molar-refractivity contribution in [3.05, 3.63) is 12.2 Å². The van der Waals surface area contributed by atoms with Crippen molar-refractivity contribution in [3.8, 4) is 0 Å². The third-order valence-electron chi connectivity index (χ3n) is 4.07. The standard InChI is InChI=1S/C22H42O6/c1-4-5-6-7-8-9-10-11-12-24-13-14-25-15-16-26-17-18-27-19-20-28-22(23)21(2)3/h2,4-20H2,1,3H3. The summed E-state index contributed by atoms with van der Waals surface area (Å²) in [5.41, 5.74) is 0.391. The zero-order valence-corrected chi connectivity index (χ0v) is 18.2. The topological polar surface area (TPSA) is 63.2 Å². The van der Waals surface area contributed by atoms with Gasteiger partial charge in [0.25, 0.3) is 0 Å². The van der Waals surface area contributed by atoms with Crippen LogP contribution in [-0.4, -0.2) is 65.4 Å². The highest BCUT2D eigenvalue weighted by molar-refractivity contribution is 5.86. The number of carbonyl (C=O) groups is 1. The highest BCUT2D eigenvalue weighted by Crippen LogP contribution is 2.08. The molecular weight excluding hydrogens is 360 g/mol. The van der Waals surface area contributed by atoms with Gasteiger partial charge >= 0.3 is 5.97 Å². The van der Waals surface area contributed by atoms with Crippen molar-refractivity contribution in [2.24, 2.45) is 0 Å². The van der Waals surface area contributed by atoms with Crippen molar-refractivity contribution in [1.82, 2.24) is 0 Å². The van der Waals surface area contributed by atoms with Crippen molar-refractivity contribution < 1.29 is 28.5 Å². The summed E-state index contributed by atoms with van der Waals surface area (Å²) in [6.45, 7) is 12.1. The van der Waals surface area contributed by atoms with Gasteiger partial charge in [-0.1, -0.05) is 58.4 Å². The molecule has 0 aliphatic rings. The monoisotopic (exact) mass is 402 g/mol. The summed E-state index contributed by atoms with van der Waals surface area (Å²) in [4.78, 5) is 11.1. The molecule has 6 heteroatoms. The van der Waals surface area contributed by atoms with Crippen LogP contribution in [0.4, 0.5) is 0 Å². The minimum absolute atomic E-state index is 0.230. The van der Waals surface area contributed by atoms with Crippen molar-refractivity contribution >= 4 is 5.97 Å². The first kappa shape index (κ1) is 27.0. The maximum atomic E-state index is 11.1. The molecule has 0 aromatic rings. The van der Waals surface area contributed by atoms with Gasteiger partial charge in [0.1, 0.15) is 6.61 Å². The van der Waals surface area contributed by atoms with Crippen LogP contribution in [0.3, 0.4) is 0 Å². The summed E-state index contributed by atoms with van der Waals surface area (Å²) >= 11 is 0. The average Bonchev–Trinajstić information content (AvgIpc) is 2.68. The molecule has 0 spiro atoms. The molecule has 0 atom stereocenters. The fraction of sp³-hybridized carbons (Fsp3) is 0.864. The smallest absolute Gasteiger partial charge is 0.333 e. The van der Waals surface area contributed by atoms with E-state index in [2.05, 4.69) is 13.5 Å². The van der Waals surface area contributed by atoms with Crippen LogP contribution in [-0.2, 0) is 28.5 Å². The van der Waals surface area contributed by atoms with E-state index in [1.165, 1.54) is 44.9 Å². The molecular formula is C22H42O6. The molecule has 0 fully saturated rings. The maximum Gasteiger partial charge on any atom is 0.333 e. The Bertz CT molecular complexity index is 359. The average molecular weight is 403 g/mol. The third kappa shape index (κ3) is 21.4. The predicted molar refractivity (Wildman–Crippen MR) is 112 cm³/mol. The van der Waals surface area contributed by atoms with Crippen LogP contribution < -0.4 is 0 Å². The second kappa shape index (κ2) is 22.3. The molecule has 0 saturated carbocycles. The first-order valence-electron chi connectivity index (χ1n) is 10.8. The van der Waals surface area contributed by atoms with E-state index in [9.17, 15) is 4.79 Å². The molecule has 0 saturated heterocycles. The molecule has 0 aromatic heterocycles. The van der Waals surface area contributed by atoms with Gasteiger partial charge in [0.05, 0.1) is 46.2 Å². The zero-order valence-electron chi connectivity index (χ0n) is 18.2. The number of hydrogen-bond donors (Lipinski definition) is 0. The van der Waals surface area contributed by atoms with Gasteiger partial charge in [0, 0.05) is 12.2 Å². The Balaban J connectivity index is 3.05. The summed E-state index contributed by atoms with van der Waals surface area (Å²) in [7, 11) is 0. The first-order chi connectivity index (χ1) is 13.7. The fourth-order valence-corrected chi connectivity index (χ4v) is 2.42. The van der Waals surface area contributed by atoms with E-state index in [-0.39, 0.29) is 6.61 Å².